The first kappa shape index (κ1) is 11.5. The Kier molecular flexibility index (Phi) is 3.22. The first-order valence-electron chi connectivity index (χ1n) is 4.19. The van der Waals surface area contributed by atoms with Crippen molar-refractivity contribution in [1.82, 2.24) is 14.6 Å². The molecule has 2 aromatic heterocycles. The number of hydrogen-bond donors (Lipinski definition) is 1. The standard InChI is InChI=1S/C8H6Cl2N4OS/c9-4-1-5(10)7-12-13-8(14(7)2-4)16-3-6(11)15/h1-2H,3H2,(H2,11,15). The van der Waals surface area contributed by atoms with Gasteiger partial charge in [-0.25, -0.2) is 0 Å². The monoisotopic (exact) mass is 276 g/mol. The quantitative estimate of drug-likeness (QED) is 0.865. The summed E-state index contributed by atoms with van der Waals surface area (Å²) >= 11 is 13.0. The van der Waals surface area contributed by atoms with E-state index in [1.165, 1.54) is 11.8 Å². The highest BCUT2D eigenvalue weighted by atomic mass is 35.5. The van der Waals surface area contributed by atoms with E-state index in [2.05, 4.69) is 10.2 Å². The highest BCUT2D eigenvalue weighted by Gasteiger charge is 2.10. The number of hydrogen-bond acceptors (Lipinski definition) is 4. The molecule has 0 unspecified atom stereocenters. The number of carbonyl (C=O) groups is 1. The molecule has 0 saturated heterocycles. The molecule has 2 heterocycles. The van der Waals surface area contributed by atoms with Crippen LogP contribution >= 0.6 is 35.0 Å². The van der Waals surface area contributed by atoms with Crippen LogP contribution < -0.4 is 5.73 Å². The maximum absolute atomic E-state index is 10.7. The smallest absolute Gasteiger partial charge is 0.227 e. The number of primary amides is 1. The Morgan fingerprint density at radius 2 is 2.25 bits per heavy atom. The Morgan fingerprint density at radius 1 is 1.50 bits per heavy atom. The second-order valence-corrected chi connectivity index (χ2v) is 4.72. The number of halogens is 2. The predicted octanol–water partition coefficient (Wildman–Crippen LogP) is 1.61. The largest absolute Gasteiger partial charge is 0.369 e. The van der Waals surface area contributed by atoms with Crippen molar-refractivity contribution < 1.29 is 4.79 Å². The van der Waals surface area contributed by atoms with Crippen molar-refractivity contribution in [2.45, 2.75) is 5.16 Å². The summed E-state index contributed by atoms with van der Waals surface area (Å²) in [6, 6.07) is 1.58. The number of rotatable bonds is 3. The lowest BCUT2D eigenvalue weighted by Crippen LogP contribution is -2.13. The fourth-order valence-corrected chi connectivity index (χ4v) is 2.29. The third-order valence-corrected chi connectivity index (χ3v) is 3.19. The number of carbonyl (C=O) groups excluding carboxylic acids is 1. The molecule has 0 aromatic carbocycles. The normalized spacial score (nSPS) is 10.9. The molecule has 2 N–H and O–H groups in total. The van der Waals surface area contributed by atoms with Gasteiger partial charge in [0.25, 0.3) is 0 Å². The Morgan fingerprint density at radius 3 is 2.94 bits per heavy atom. The Labute approximate surface area is 105 Å². The van der Waals surface area contributed by atoms with Crippen LogP contribution in [0, 0.1) is 0 Å². The fraction of sp³-hybridized carbons (Fsp3) is 0.125. The molecule has 0 atom stereocenters. The Bertz CT molecular complexity index is 556. The number of nitrogens with zero attached hydrogens (tertiary/aromatic N) is 3. The Hall–Kier alpha value is -0.980. The summed E-state index contributed by atoms with van der Waals surface area (Å²) in [5, 5.41) is 9.19. The van der Waals surface area contributed by atoms with Gasteiger partial charge in [-0.05, 0) is 6.07 Å². The summed E-state index contributed by atoms with van der Waals surface area (Å²) in [5.74, 6) is -0.292. The van der Waals surface area contributed by atoms with Crippen LogP contribution in [0.2, 0.25) is 10.0 Å². The number of thioether (sulfide) groups is 1. The van der Waals surface area contributed by atoms with Crippen LogP contribution in [0.15, 0.2) is 17.4 Å². The van der Waals surface area contributed by atoms with Crippen molar-refractivity contribution >= 4 is 46.5 Å². The molecule has 0 spiro atoms. The van der Waals surface area contributed by atoms with Crippen molar-refractivity contribution in [3.05, 3.63) is 22.3 Å². The van der Waals surface area contributed by atoms with Crippen molar-refractivity contribution in [2.75, 3.05) is 5.75 Å². The van der Waals surface area contributed by atoms with E-state index in [0.29, 0.717) is 20.8 Å². The molecule has 0 aliphatic heterocycles. The molecule has 0 radical (unpaired) electrons. The van der Waals surface area contributed by atoms with Crippen LogP contribution in [0.1, 0.15) is 0 Å². The third-order valence-electron chi connectivity index (χ3n) is 1.74. The third kappa shape index (κ3) is 2.23. The summed E-state index contributed by atoms with van der Waals surface area (Å²) in [4.78, 5) is 10.7. The zero-order valence-electron chi connectivity index (χ0n) is 7.85. The average Bonchev–Trinajstić information content (AvgIpc) is 2.58. The molecule has 0 saturated carbocycles. The van der Waals surface area contributed by atoms with Gasteiger partial charge in [-0.15, -0.1) is 10.2 Å². The summed E-state index contributed by atoms with van der Waals surface area (Å²) in [5.41, 5.74) is 5.54. The lowest BCUT2D eigenvalue weighted by atomic mass is 10.5. The van der Waals surface area contributed by atoms with E-state index < -0.39 is 5.91 Å². The van der Waals surface area contributed by atoms with Gasteiger partial charge in [-0.2, -0.15) is 0 Å². The number of fused-ring (bicyclic) bond motifs is 1. The van der Waals surface area contributed by atoms with Crippen molar-refractivity contribution in [3.63, 3.8) is 0 Å². The average molecular weight is 277 g/mol. The van der Waals surface area contributed by atoms with E-state index in [0.717, 1.165) is 0 Å². The summed E-state index contributed by atoms with van der Waals surface area (Å²) < 4.78 is 1.62. The van der Waals surface area contributed by atoms with Gasteiger partial charge in [-0.1, -0.05) is 35.0 Å². The zero-order valence-corrected chi connectivity index (χ0v) is 10.2. The van der Waals surface area contributed by atoms with E-state index >= 15 is 0 Å². The van der Waals surface area contributed by atoms with Crippen LogP contribution in [0.25, 0.3) is 5.65 Å². The van der Waals surface area contributed by atoms with Crippen LogP contribution in [-0.4, -0.2) is 26.3 Å². The molecule has 0 aliphatic rings. The van der Waals surface area contributed by atoms with E-state index in [1.807, 2.05) is 0 Å². The van der Waals surface area contributed by atoms with Gasteiger partial charge in [-0.3, -0.25) is 9.20 Å². The van der Waals surface area contributed by atoms with Gasteiger partial charge >= 0.3 is 0 Å². The predicted molar refractivity (Wildman–Crippen MR) is 62.9 cm³/mol. The molecular weight excluding hydrogens is 271 g/mol. The molecule has 84 valence electrons. The molecule has 0 bridgehead atoms. The molecular formula is C8H6Cl2N4OS. The zero-order chi connectivity index (χ0) is 11.7. The lowest BCUT2D eigenvalue weighted by Gasteiger charge is -1.99. The molecule has 1 amide bonds. The Balaban J connectivity index is 2.43. The number of amides is 1. The summed E-state index contributed by atoms with van der Waals surface area (Å²) in [6.45, 7) is 0. The first-order valence-corrected chi connectivity index (χ1v) is 5.93. The van der Waals surface area contributed by atoms with E-state index in [1.54, 1.807) is 16.7 Å². The lowest BCUT2D eigenvalue weighted by molar-refractivity contribution is -0.115. The van der Waals surface area contributed by atoms with Gasteiger partial charge in [0.05, 0.1) is 15.8 Å². The van der Waals surface area contributed by atoms with E-state index in [-0.39, 0.29) is 5.75 Å². The second-order valence-electron chi connectivity index (χ2n) is 2.94. The minimum Gasteiger partial charge on any atom is -0.369 e. The second kappa shape index (κ2) is 4.48. The van der Waals surface area contributed by atoms with Crippen molar-refractivity contribution in [2.24, 2.45) is 5.73 Å². The maximum Gasteiger partial charge on any atom is 0.227 e. The minimum absolute atomic E-state index is 0.130. The van der Waals surface area contributed by atoms with Crippen molar-refractivity contribution in [1.29, 1.82) is 0 Å². The van der Waals surface area contributed by atoms with Gasteiger partial charge in [0.15, 0.2) is 10.8 Å². The van der Waals surface area contributed by atoms with Crippen LogP contribution in [0.5, 0.6) is 0 Å². The molecule has 0 fully saturated rings. The van der Waals surface area contributed by atoms with Crippen LogP contribution in [-0.2, 0) is 4.79 Å². The van der Waals surface area contributed by atoms with Crippen molar-refractivity contribution in [3.8, 4) is 0 Å². The molecule has 16 heavy (non-hydrogen) atoms. The number of pyridine rings is 1. The molecule has 5 nitrogen and oxygen atoms in total. The molecule has 8 heteroatoms. The molecule has 0 aliphatic carbocycles. The molecule has 2 aromatic rings. The molecule has 2 rings (SSSR count). The van der Waals surface area contributed by atoms with Gasteiger partial charge < -0.3 is 5.73 Å². The summed E-state index contributed by atoms with van der Waals surface area (Å²) in [6.07, 6.45) is 1.63. The van der Waals surface area contributed by atoms with Crippen LogP contribution in [0.3, 0.4) is 0 Å². The van der Waals surface area contributed by atoms with Gasteiger partial charge in [0, 0.05) is 6.20 Å². The fourth-order valence-electron chi connectivity index (χ4n) is 1.14. The van der Waals surface area contributed by atoms with Crippen LogP contribution in [0.4, 0.5) is 0 Å². The highest BCUT2D eigenvalue weighted by molar-refractivity contribution is 7.99. The number of aromatic nitrogens is 3. The van der Waals surface area contributed by atoms with Gasteiger partial charge in [0.1, 0.15) is 0 Å². The summed E-state index contributed by atoms with van der Waals surface area (Å²) in [7, 11) is 0. The van der Waals surface area contributed by atoms with E-state index in [9.17, 15) is 4.79 Å². The minimum atomic E-state index is -0.421. The van der Waals surface area contributed by atoms with Gasteiger partial charge in [0.2, 0.25) is 5.91 Å². The van der Waals surface area contributed by atoms with E-state index in [4.69, 9.17) is 28.9 Å². The SMILES string of the molecule is NC(=O)CSc1nnc2c(Cl)cc(Cl)cn12. The first-order chi connectivity index (χ1) is 7.58. The highest BCUT2D eigenvalue weighted by Crippen LogP contribution is 2.24. The maximum atomic E-state index is 10.7. The topological polar surface area (TPSA) is 73.3 Å². The number of nitrogens with two attached hydrogens (primary N) is 1.